The summed E-state index contributed by atoms with van der Waals surface area (Å²) in [5, 5.41) is 6.87. The molecule has 1 amide bonds. The molecule has 1 aliphatic heterocycles. The molecule has 0 radical (unpaired) electrons. The number of nitrogens with one attached hydrogen (secondary N) is 1. The first-order valence-corrected chi connectivity index (χ1v) is 6.16. The van der Waals surface area contributed by atoms with Crippen molar-refractivity contribution in [3.63, 3.8) is 0 Å². The Labute approximate surface area is 101 Å². The maximum absolute atomic E-state index is 12.3. The van der Waals surface area contributed by atoms with Crippen LogP contribution in [-0.2, 0) is 6.42 Å². The van der Waals surface area contributed by atoms with Gasteiger partial charge in [0.15, 0.2) is 5.69 Å². The van der Waals surface area contributed by atoms with Crippen molar-refractivity contribution in [2.24, 2.45) is 11.8 Å². The molecule has 1 aromatic heterocycles. The number of nitrogen functional groups attached to an aromatic ring is 1. The predicted molar refractivity (Wildman–Crippen MR) is 66.6 cm³/mol. The second-order valence-corrected chi connectivity index (χ2v) is 4.98. The summed E-state index contributed by atoms with van der Waals surface area (Å²) in [4.78, 5) is 14.1. The highest BCUT2D eigenvalue weighted by Gasteiger charge is 2.32. The second-order valence-electron chi connectivity index (χ2n) is 4.98. The molecule has 17 heavy (non-hydrogen) atoms. The van der Waals surface area contributed by atoms with Gasteiger partial charge in [0.2, 0.25) is 0 Å². The molecule has 1 fully saturated rings. The van der Waals surface area contributed by atoms with E-state index in [-0.39, 0.29) is 5.91 Å². The molecule has 0 spiro atoms. The van der Waals surface area contributed by atoms with Crippen LogP contribution < -0.4 is 5.73 Å². The number of aromatic amines is 1. The molecule has 0 aliphatic carbocycles. The van der Waals surface area contributed by atoms with Gasteiger partial charge in [0.1, 0.15) is 0 Å². The topological polar surface area (TPSA) is 75.0 Å². The minimum absolute atomic E-state index is 0.0466. The van der Waals surface area contributed by atoms with Crippen molar-refractivity contribution in [2.45, 2.75) is 27.2 Å². The van der Waals surface area contributed by atoms with E-state index in [0.29, 0.717) is 23.2 Å². The molecule has 94 valence electrons. The van der Waals surface area contributed by atoms with E-state index in [1.165, 1.54) is 0 Å². The van der Waals surface area contributed by atoms with Crippen LogP contribution in [0.1, 0.15) is 37.0 Å². The van der Waals surface area contributed by atoms with Gasteiger partial charge in [0, 0.05) is 13.1 Å². The van der Waals surface area contributed by atoms with E-state index in [9.17, 15) is 4.79 Å². The minimum Gasteiger partial charge on any atom is -0.395 e. The van der Waals surface area contributed by atoms with Gasteiger partial charge in [-0.15, -0.1) is 0 Å². The number of carbonyl (C=O) groups excluding carboxylic acids is 1. The fourth-order valence-electron chi connectivity index (χ4n) is 2.26. The van der Waals surface area contributed by atoms with Crippen LogP contribution in [0, 0.1) is 11.8 Å². The molecular formula is C12H20N4O. The summed E-state index contributed by atoms with van der Waals surface area (Å²) in [6, 6.07) is 0. The summed E-state index contributed by atoms with van der Waals surface area (Å²) in [6.45, 7) is 7.92. The molecule has 2 heterocycles. The van der Waals surface area contributed by atoms with E-state index in [1.807, 2.05) is 11.8 Å². The molecule has 0 bridgehead atoms. The largest absolute Gasteiger partial charge is 0.395 e. The number of hydrogen-bond acceptors (Lipinski definition) is 3. The number of H-pyrrole nitrogens is 1. The van der Waals surface area contributed by atoms with Gasteiger partial charge >= 0.3 is 0 Å². The van der Waals surface area contributed by atoms with Gasteiger partial charge in [-0.05, 0) is 18.3 Å². The van der Waals surface area contributed by atoms with Crippen molar-refractivity contribution < 1.29 is 4.79 Å². The first kappa shape index (κ1) is 12.0. The number of nitrogens with two attached hydrogens (primary N) is 1. The lowest BCUT2D eigenvalue weighted by Crippen LogP contribution is -2.29. The first-order valence-electron chi connectivity index (χ1n) is 6.16. The molecule has 1 aliphatic rings. The summed E-state index contributed by atoms with van der Waals surface area (Å²) < 4.78 is 0. The van der Waals surface area contributed by atoms with Crippen LogP contribution in [0.4, 0.5) is 5.69 Å². The Kier molecular flexibility index (Phi) is 3.09. The Morgan fingerprint density at radius 2 is 2.06 bits per heavy atom. The van der Waals surface area contributed by atoms with Crippen LogP contribution in [0.3, 0.4) is 0 Å². The smallest absolute Gasteiger partial charge is 0.276 e. The fourth-order valence-corrected chi connectivity index (χ4v) is 2.26. The van der Waals surface area contributed by atoms with Crippen LogP contribution in [0.2, 0.25) is 0 Å². The zero-order valence-electron chi connectivity index (χ0n) is 10.7. The molecule has 5 heteroatoms. The zero-order chi connectivity index (χ0) is 12.6. The molecule has 0 saturated carbocycles. The molecule has 5 nitrogen and oxygen atoms in total. The molecule has 2 atom stereocenters. The maximum atomic E-state index is 12.3. The van der Waals surface area contributed by atoms with Crippen molar-refractivity contribution in [3.8, 4) is 0 Å². The highest BCUT2D eigenvalue weighted by molar-refractivity contribution is 5.97. The molecule has 2 unspecified atom stereocenters. The first-order chi connectivity index (χ1) is 8.04. The van der Waals surface area contributed by atoms with Crippen molar-refractivity contribution in [1.82, 2.24) is 15.1 Å². The molecule has 2 rings (SSSR count). The number of likely N-dealkylation sites (tertiary alicyclic amines) is 1. The standard InChI is InChI=1S/C12H20N4O/c1-4-9-10(13)11(15-14-9)12(17)16-5-7(2)8(3)6-16/h7-8H,4-6,13H2,1-3H3,(H,14,15). The number of hydrogen-bond donors (Lipinski definition) is 2. The molecule has 3 N–H and O–H groups in total. The van der Waals surface area contributed by atoms with E-state index in [0.717, 1.165) is 25.2 Å². The normalized spacial score (nSPS) is 24.3. The number of aryl methyl sites for hydroxylation is 1. The van der Waals surface area contributed by atoms with Gasteiger partial charge in [0.05, 0.1) is 11.4 Å². The average molecular weight is 236 g/mol. The third kappa shape index (κ3) is 2.01. The Morgan fingerprint density at radius 1 is 1.47 bits per heavy atom. The van der Waals surface area contributed by atoms with Gasteiger partial charge in [-0.3, -0.25) is 9.89 Å². The lowest BCUT2D eigenvalue weighted by atomic mass is 10.0. The number of anilines is 1. The number of amides is 1. The Bertz CT molecular complexity index is 416. The summed E-state index contributed by atoms with van der Waals surface area (Å²) >= 11 is 0. The van der Waals surface area contributed by atoms with E-state index >= 15 is 0 Å². The highest BCUT2D eigenvalue weighted by Crippen LogP contribution is 2.25. The van der Waals surface area contributed by atoms with Crippen molar-refractivity contribution >= 4 is 11.6 Å². The lowest BCUT2D eigenvalue weighted by Gasteiger charge is -2.14. The van der Waals surface area contributed by atoms with Crippen LogP contribution in [0.5, 0.6) is 0 Å². The number of aromatic nitrogens is 2. The third-order valence-corrected chi connectivity index (χ3v) is 3.71. The van der Waals surface area contributed by atoms with Gasteiger partial charge in [-0.25, -0.2) is 0 Å². The summed E-state index contributed by atoms with van der Waals surface area (Å²) in [7, 11) is 0. The number of carbonyl (C=O) groups is 1. The quantitative estimate of drug-likeness (QED) is 0.812. The van der Waals surface area contributed by atoms with Crippen molar-refractivity contribution in [1.29, 1.82) is 0 Å². The monoisotopic (exact) mass is 236 g/mol. The SMILES string of the molecule is CCc1[nH]nc(C(=O)N2CC(C)C(C)C2)c1N. The summed E-state index contributed by atoms with van der Waals surface area (Å²) in [5.41, 5.74) is 7.63. The molecule has 1 aromatic rings. The van der Waals surface area contributed by atoms with Crippen LogP contribution in [0.15, 0.2) is 0 Å². The molecule has 0 aromatic carbocycles. The van der Waals surface area contributed by atoms with E-state index < -0.39 is 0 Å². The van der Waals surface area contributed by atoms with Gasteiger partial charge in [-0.2, -0.15) is 5.10 Å². The predicted octanol–water partition coefficient (Wildman–Crippen LogP) is 1.28. The maximum Gasteiger partial charge on any atom is 0.276 e. The zero-order valence-corrected chi connectivity index (χ0v) is 10.7. The number of rotatable bonds is 2. The second kappa shape index (κ2) is 4.39. The molecular weight excluding hydrogens is 216 g/mol. The minimum atomic E-state index is -0.0466. The Morgan fingerprint density at radius 3 is 2.53 bits per heavy atom. The van der Waals surface area contributed by atoms with Crippen LogP contribution in [-0.4, -0.2) is 34.1 Å². The van der Waals surface area contributed by atoms with Gasteiger partial charge in [-0.1, -0.05) is 20.8 Å². The Balaban J connectivity index is 2.17. The lowest BCUT2D eigenvalue weighted by molar-refractivity contribution is 0.0780. The van der Waals surface area contributed by atoms with Crippen LogP contribution >= 0.6 is 0 Å². The van der Waals surface area contributed by atoms with Crippen molar-refractivity contribution in [3.05, 3.63) is 11.4 Å². The van der Waals surface area contributed by atoms with E-state index in [1.54, 1.807) is 0 Å². The van der Waals surface area contributed by atoms with Gasteiger partial charge < -0.3 is 10.6 Å². The fraction of sp³-hybridized carbons (Fsp3) is 0.667. The highest BCUT2D eigenvalue weighted by atomic mass is 16.2. The average Bonchev–Trinajstić information content (AvgIpc) is 2.82. The number of nitrogens with zero attached hydrogens (tertiary/aromatic N) is 2. The Hall–Kier alpha value is -1.52. The van der Waals surface area contributed by atoms with Crippen LogP contribution in [0.25, 0.3) is 0 Å². The molecule has 1 saturated heterocycles. The van der Waals surface area contributed by atoms with E-state index in [4.69, 9.17) is 5.73 Å². The van der Waals surface area contributed by atoms with Crippen molar-refractivity contribution in [2.75, 3.05) is 18.8 Å². The van der Waals surface area contributed by atoms with Gasteiger partial charge in [0.25, 0.3) is 5.91 Å². The summed E-state index contributed by atoms with van der Waals surface area (Å²) in [6.07, 6.45) is 0.763. The third-order valence-electron chi connectivity index (χ3n) is 3.71. The summed E-state index contributed by atoms with van der Waals surface area (Å²) in [5.74, 6) is 1.05. The van der Waals surface area contributed by atoms with E-state index in [2.05, 4.69) is 24.0 Å².